The van der Waals surface area contributed by atoms with E-state index >= 15 is 0 Å². The Morgan fingerprint density at radius 3 is 2.74 bits per heavy atom. The molecule has 1 fully saturated rings. The van der Waals surface area contributed by atoms with Crippen LogP contribution in [0.4, 0.5) is 0 Å². The van der Waals surface area contributed by atoms with Gasteiger partial charge in [-0.05, 0) is 31.5 Å². The Labute approximate surface area is 112 Å². The molecule has 0 radical (unpaired) electrons. The van der Waals surface area contributed by atoms with Crippen molar-refractivity contribution in [3.05, 3.63) is 23.3 Å². The number of piperidine rings is 1. The number of carbonyl (C=O) groups excluding carboxylic acids is 1. The largest absolute Gasteiger partial charge is 0.504 e. The number of hydrogen-bond donors (Lipinski definition) is 2. The van der Waals surface area contributed by atoms with Gasteiger partial charge >= 0.3 is 5.97 Å². The van der Waals surface area contributed by atoms with E-state index in [0.29, 0.717) is 16.9 Å². The fourth-order valence-electron chi connectivity index (χ4n) is 2.40. The third-order valence-corrected chi connectivity index (χ3v) is 3.43. The van der Waals surface area contributed by atoms with Crippen molar-refractivity contribution in [1.29, 1.82) is 0 Å². The lowest BCUT2D eigenvalue weighted by Crippen LogP contribution is -2.27. The predicted octanol–water partition coefficient (Wildman–Crippen LogP) is 2.00. The molecule has 1 aromatic rings. The van der Waals surface area contributed by atoms with Crippen molar-refractivity contribution in [2.24, 2.45) is 0 Å². The second-order valence-electron chi connectivity index (χ2n) is 4.61. The lowest BCUT2D eigenvalue weighted by Gasteiger charge is -2.25. The number of aromatic hydroxyl groups is 1. The van der Waals surface area contributed by atoms with E-state index < -0.39 is 5.97 Å². The van der Waals surface area contributed by atoms with Gasteiger partial charge in [0.1, 0.15) is 0 Å². The first-order chi connectivity index (χ1) is 9.17. The maximum atomic E-state index is 11.6. The van der Waals surface area contributed by atoms with E-state index in [2.05, 4.69) is 5.32 Å². The zero-order valence-corrected chi connectivity index (χ0v) is 11.2. The third kappa shape index (κ3) is 2.81. The van der Waals surface area contributed by atoms with Gasteiger partial charge in [-0.2, -0.15) is 0 Å². The number of methoxy groups -OCH3 is 2. The molecule has 5 heteroatoms. The summed E-state index contributed by atoms with van der Waals surface area (Å²) in [5, 5.41) is 13.5. The summed E-state index contributed by atoms with van der Waals surface area (Å²) < 4.78 is 9.85. The molecule has 1 aromatic carbocycles. The summed E-state index contributed by atoms with van der Waals surface area (Å²) >= 11 is 0. The van der Waals surface area contributed by atoms with Crippen molar-refractivity contribution in [3.8, 4) is 11.5 Å². The second-order valence-corrected chi connectivity index (χ2v) is 4.61. The Hall–Kier alpha value is -1.75. The molecule has 1 heterocycles. The predicted molar refractivity (Wildman–Crippen MR) is 70.6 cm³/mol. The SMILES string of the molecule is COC(=O)c1cc(OC)c(O)c(C2CCCCN2)c1. The van der Waals surface area contributed by atoms with Gasteiger partial charge in [-0.1, -0.05) is 6.42 Å². The van der Waals surface area contributed by atoms with Gasteiger partial charge in [0.15, 0.2) is 11.5 Å². The maximum Gasteiger partial charge on any atom is 0.337 e. The van der Waals surface area contributed by atoms with Gasteiger partial charge in [-0.15, -0.1) is 0 Å². The van der Waals surface area contributed by atoms with E-state index in [9.17, 15) is 9.90 Å². The first-order valence-electron chi connectivity index (χ1n) is 6.40. The molecule has 19 heavy (non-hydrogen) atoms. The molecule has 0 aromatic heterocycles. The third-order valence-electron chi connectivity index (χ3n) is 3.43. The van der Waals surface area contributed by atoms with E-state index in [1.54, 1.807) is 6.07 Å². The Kier molecular flexibility index (Phi) is 4.27. The maximum absolute atomic E-state index is 11.6. The molecule has 2 N–H and O–H groups in total. The zero-order valence-electron chi connectivity index (χ0n) is 11.2. The van der Waals surface area contributed by atoms with E-state index in [1.807, 2.05) is 0 Å². The van der Waals surface area contributed by atoms with Gasteiger partial charge in [0.2, 0.25) is 0 Å². The number of carbonyl (C=O) groups is 1. The van der Waals surface area contributed by atoms with Crippen LogP contribution in [-0.2, 0) is 4.74 Å². The molecule has 104 valence electrons. The van der Waals surface area contributed by atoms with Crippen LogP contribution in [0.1, 0.15) is 41.2 Å². The fraction of sp³-hybridized carbons (Fsp3) is 0.500. The van der Waals surface area contributed by atoms with Crippen LogP contribution in [0.2, 0.25) is 0 Å². The highest BCUT2D eigenvalue weighted by molar-refractivity contribution is 5.90. The van der Waals surface area contributed by atoms with Crippen LogP contribution in [0.5, 0.6) is 11.5 Å². The molecular weight excluding hydrogens is 246 g/mol. The molecule has 0 aliphatic carbocycles. The van der Waals surface area contributed by atoms with Crippen LogP contribution in [-0.4, -0.2) is 31.8 Å². The van der Waals surface area contributed by atoms with Gasteiger partial charge in [0.05, 0.1) is 19.8 Å². The summed E-state index contributed by atoms with van der Waals surface area (Å²) in [6.07, 6.45) is 3.16. The number of hydrogen-bond acceptors (Lipinski definition) is 5. The lowest BCUT2D eigenvalue weighted by atomic mass is 9.95. The Morgan fingerprint density at radius 2 is 2.16 bits per heavy atom. The Balaban J connectivity index is 2.42. The minimum absolute atomic E-state index is 0.0484. The quantitative estimate of drug-likeness (QED) is 0.818. The van der Waals surface area contributed by atoms with Gasteiger partial charge in [-0.3, -0.25) is 0 Å². The van der Waals surface area contributed by atoms with Crippen LogP contribution in [0.15, 0.2) is 12.1 Å². The highest BCUT2D eigenvalue weighted by Gasteiger charge is 2.23. The molecule has 1 unspecified atom stereocenters. The highest BCUT2D eigenvalue weighted by Crippen LogP contribution is 2.37. The van der Waals surface area contributed by atoms with Crippen molar-refractivity contribution < 1.29 is 19.4 Å². The molecule has 0 saturated carbocycles. The van der Waals surface area contributed by atoms with E-state index in [-0.39, 0.29) is 11.8 Å². The Bertz CT molecular complexity index is 467. The number of nitrogens with one attached hydrogen (secondary N) is 1. The van der Waals surface area contributed by atoms with Crippen LogP contribution in [0, 0.1) is 0 Å². The summed E-state index contributed by atoms with van der Waals surface area (Å²) in [6.45, 7) is 0.912. The molecule has 1 aliphatic rings. The normalized spacial score (nSPS) is 18.9. The monoisotopic (exact) mass is 265 g/mol. The molecular formula is C14H19NO4. The van der Waals surface area contributed by atoms with Crippen molar-refractivity contribution in [3.63, 3.8) is 0 Å². The van der Waals surface area contributed by atoms with Gasteiger partial charge < -0.3 is 19.9 Å². The molecule has 1 saturated heterocycles. The van der Waals surface area contributed by atoms with Crippen LogP contribution in [0.25, 0.3) is 0 Å². The van der Waals surface area contributed by atoms with E-state index in [1.165, 1.54) is 20.3 Å². The minimum atomic E-state index is -0.435. The first kappa shape index (κ1) is 13.7. The second kappa shape index (κ2) is 5.93. The standard InChI is InChI=1S/C14H19NO4/c1-18-12-8-9(14(17)19-2)7-10(13(12)16)11-5-3-4-6-15-11/h7-8,11,15-16H,3-6H2,1-2H3. The van der Waals surface area contributed by atoms with Crippen molar-refractivity contribution in [1.82, 2.24) is 5.32 Å². The smallest absolute Gasteiger partial charge is 0.337 e. The topological polar surface area (TPSA) is 67.8 Å². The summed E-state index contributed by atoms with van der Waals surface area (Å²) in [6, 6.07) is 3.22. The van der Waals surface area contributed by atoms with Crippen LogP contribution in [0.3, 0.4) is 0 Å². The van der Waals surface area contributed by atoms with Crippen molar-refractivity contribution in [2.75, 3.05) is 20.8 Å². The molecule has 0 spiro atoms. The number of phenols is 1. The number of esters is 1. The number of benzene rings is 1. The van der Waals surface area contributed by atoms with Gasteiger partial charge in [0.25, 0.3) is 0 Å². The molecule has 1 atom stereocenters. The summed E-state index contributed by atoms with van der Waals surface area (Å²) in [4.78, 5) is 11.6. The molecule has 5 nitrogen and oxygen atoms in total. The van der Waals surface area contributed by atoms with Gasteiger partial charge in [0, 0.05) is 11.6 Å². The van der Waals surface area contributed by atoms with E-state index in [0.717, 1.165) is 25.8 Å². The summed E-state index contributed by atoms with van der Waals surface area (Å²) in [7, 11) is 2.80. The number of rotatable bonds is 3. The summed E-state index contributed by atoms with van der Waals surface area (Å²) in [5.41, 5.74) is 1.08. The molecule has 0 bridgehead atoms. The first-order valence-corrected chi connectivity index (χ1v) is 6.40. The lowest BCUT2D eigenvalue weighted by molar-refractivity contribution is 0.0600. The van der Waals surface area contributed by atoms with Gasteiger partial charge in [-0.25, -0.2) is 4.79 Å². The Morgan fingerprint density at radius 1 is 1.37 bits per heavy atom. The van der Waals surface area contributed by atoms with Crippen molar-refractivity contribution >= 4 is 5.97 Å². The average molecular weight is 265 g/mol. The van der Waals surface area contributed by atoms with Crippen molar-refractivity contribution in [2.45, 2.75) is 25.3 Å². The average Bonchev–Trinajstić information content (AvgIpc) is 2.47. The highest BCUT2D eigenvalue weighted by atomic mass is 16.5. The minimum Gasteiger partial charge on any atom is -0.504 e. The number of phenolic OH excluding ortho intramolecular Hbond substituents is 1. The van der Waals surface area contributed by atoms with E-state index in [4.69, 9.17) is 9.47 Å². The number of ether oxygens (including phenoxy) is 2. The fourth-order valence-corrected chi connectivity index (χ4v) is 2.40. The summed E-state index contributed by atoms with van der Waals surface area (Å²) in [5.74, 6) is -0.0461. The molecule has 1 aliphatic heterocycles. The zero-order chi connectivity index (χ0) is 13.8. The van der Waals surface area contributed by atoms with Crippen LogP contribution >= 0.6 is 0 Å². The molecule has 2 rings (SSSR count). The van der Waals surface area contributed by atoms with Crippen LogP contribution < -0.4 is 10.1 Å². The molecule has 0 amide bonds.